The second-order valence-electron chi connectivity index (χ2n) is 4.23. The number of ether oxygens (including phenoxy) is 1. The van der Waals surface area contributed by atoms with Crippen LogP contribution in [0.5, 0.6) is 5.75 Å². The summed E-state index contributed by atoms with van der Waals surface area (Å²) in [5, 5.41) is -0.398. The summed E-state index contributed by atoms with van der Waals surface area (Å²) in [6, 6.07) is 11.5. The average Bonchev–Trinajstić information content (AvgIpc) is 2.45. The second-order valence-corrected chi connectivity index (χ2v) is 5.46. The third-order valence-corrected chi connectivity index (χ3v) is 3.95. The number of thioether (sulfide) groups is 1. The summed E-state index contributed by atoms with van der Waals surface area (Å²) in [7, 11) is 0. The molecular weight excluding hydrogens is 321 g/mol. The first kappa shape index (κ1) is 16.0. The van der Waals surface area contributed by atoms with Gasteiger partial charge < -0.3 is 4.74 Å². The van der Waals surface area contributed by atoms with Crippen molar-refractivity contribution in [3.8, 4) is 5.75 Å². The molecule has 0 aliphatic carbocycles. The van der Waals surface area contributed by atoms with E-state index < -0.39 is 16.8 Å². The van der Waals surface area contributed by atoms with Crippen molar-refractivity contribution in [3.63, 3.8) is 0 Å². The van der Waals surface area contributed by atoms with Gasteiger partial charge >= 0.3 is 6.18 Å². The van der Waals surface area contributed by atoms with E-state index in [0.29, 0.717) is 4.90 Å². The number of benzene rings is 2. The third-order valence-electron chi connectivity index (χ3n) is 2.81. The highest BCUT2D eigenvalue weighted by molar-refractivity contribution is 7.98. The molecule has 2 aromatic carbocycles. The second kappa shape index (κ2) is 6.62. The molecule has 0 N–H and O–H groups in total. The third kappa shape index (κ3) is 3.86. The van der Waals surface area contributed by atoms with Gasteiger partial charge in [0.2, 0.25) is 0 Å². The first-order valence-electron chi connectivity index (χ1n) is 6.04. The number of hydrogen-bond donors (Lipinski definition) is 0. The molecule has 21 heavy (non-hydrogen) atoms. The van der Waals surface area contributed by atoms with Gasteiger partial charge in [-0.15, -0.1) is 11.8 Å². The first-order valence-corrected chi connectivity index (χ1v) is 7.64. The molecule has 0 saturated heterocycles. The van der Waals surface area contributed by atoms with Crippen molar-refractivity contribution in [3.05, 3.63) is 58.6 Å². The van der Waals surface area contributed by atoms with Crippen molar-refractivity contribution in [2.75, 3.05) is 6.26 Å². The van der Waals surface area contributed by atoms with Crippen LogP contribution in [0.4, 0.5) is 13.2 Å². The van der Waals surface area contributed by atoms with E-state index in [4.69, 9.17) is 16.3 Å². The molecule has 0 fully saturated rings. The van der Waals surface area contributed by atoms with Gasteiger partial charge in [-0.25, -0.2) is 0 Å². The molecular formula is C15H12ClF3OS. The summed E-state index contributed by atoms with van der Waals surface area (Å²) in [4.78, 5) is 0.573. The van der Waals surface area contributed by atoms with E-state index in [2.05, 4.69) is 0 Å². The predicted octanol–water partition coefficient (Wildman–Crippen LogP) is 5.66. The van der Waals surface area contributed by atoms with E-state index in [9.17, 15) is 13.2 Å². The monoisotopic (exact) mass is 332 g/mol. The highest BCUT2D eigenvalue weighted by atomic mass is 35.5. The standard InChI is InChI=1S/C15H12ClF3OS/c1-21-12-8-7-11(15(17,18)19)13(16)14(12)20-9-10-5-3-2-4-6-10/h2-8H,9H2,1H3. The summed E-state index contributed by atoms with van der Waals surface area (Å²) < 4.78 is 44.2. The number of rotatable bonds is 4. The van der Waals surface area contributed by atoms with E-state index in [1.54, 1.807) is 6.26 Å². The van der Waals surface area contributed by atoms with Crippen molar-refractivity contribution in [1.29, 1.82) is 0 Å². The van der Waals surface area contributed by atoms with Crippen LogP contribution in [0.25, 0.3) is 0 Å². The quantitative estimate of drug-likeness (QED) is 0.668. The zero-order valence-electron chi connectivity index (χ0n) is 11.1. The lowest BCUT2D eigenvalue weighted by molar-refractivity contribution is -0.137. The largest absolute Gasteiger partial charge is 0.486 e. The van der Waals surface area contributed by atoms with Crippen molar-refractivity contribution >= 4 is 23.4 Å². The fourth-order valence-corrected chi connectivity index (χ4v) is 2.72. The van der Waals surface area contributed by atoms with E-state index in [-0.39, 0.29) is 12.4 Å². The maximum absolute atomic E-state index is 12.9. The Morgan fingerprint density at radius 3 is 2.33 bits per heavy atom. The van der Waals surface area contributed by atoms with Crippen molar-refractivity contribution in [1.82, 2.24) is 0 Å². The van der Waals surface area contributed by atoms with Crippen molar-refractivity contribution in [2.24, 2.45) is 0 Å². The molecule has 0 aromatic heterocycles. The molecule has 6 heteroatoms. The van der Waals surface area contributed by atoms with Gasteiger partial charge in [0, 0.05) is 0 Å². The normalized spacial score (nSPS) is 11.5. The smallest absolute Gasteiger partial charge is 0.417 e. The van der Waals surface area contributed by atoms with Crippen LogP contribution < -0.4 is 4.74 Å². The minimum Gasteiger partial charge on any atom is -0.486 e. The number of hydrogen-bond acceptors (Lipinski definition) is 2. The van der Waals surface area contributed by atoms with E-state index in [1.165, 1.54) is 17.8 Å². The van der Waals surface area contributed by atoms with E-state index in [0.717, 1.165) is 11.6 Å². The van der Waals surface area contributed by atoms with Gasteiger partial charge in [0.25, 0.3) is 0 Å². The highest BCUT2D eigenvalue weighted by Gasteiger charge is 2.35. The lowest BCUT2D eigenvalue weighted by Crippen LogP contribution is -2.07. The van der Waals surface area contributed by atoms with E-state index in [1.807, 2.05) is 30.3 Å². The summed E-state index contributed by atoms with van der Waals surface area (Å²) in [6.45, 7) is 0.162. The Morgan fingerprint density at radius 1 is 1.10 bits per heavy atom. The molecule has 0 amide bonds. The molecule has 1 nitrogen and oxygen atoms in total. The maximum atomic E-state index is 12.9. The molecule has 0 unspecified atom stereocenters. The summed E-state index contributed by atoms with van der Waals surface area (Å²) in [5.74, 6) is 0.0721. The molecule has 112 valence electrons. The first-order chi connectivity index (χ1) is 9.93. The summed E-state index contributed by atoms with van der Waals surface area (Å²) in [6.07, 6.45) is -2.74. The number of halogens is 4. The summed E-state index contributed by atoms with van der Waals surface area (Å²) in [5.41, 5.74) is -0.0249. The lowest BCUT2D eigenvalue weighted by Gasteiger charge is -2.16. The molecule has 2 rings (SSSR count). The molecule has 0 spiro atoms. The number of alkyl halides is 3. The Morgan fingerprint density at radius 2 is 1.76 bits per heavy atom. The van der Waals surface area contributed by atoms with Gasteiger partial charge in [0.1, 0.15) is 6.61 Å². The molecule has 0 aliphatic heterocycles. The fraction of sp³-hybridized carbons (Fsp3) is 0.200. The fourth-order valence-electron chi connectivity index (χ4n) is 1.78. The van der Waals surface area contributed by atoms with E-state index >= 15 is 0 Å². The zero-order valence-corrected chi connectivity index (χ0v) is 12.6. The van der Waals surface area contributed by atoms with Crippen LogP contribution in [-0.4, -0.2) is 6.26 Å². The molecule has 0 saturated carbocycles. The highest BCUT2D eigenvalue weighted by Crippen LogP contribution is 2.43. The average molecular weight is 333 g/mol. The molecule has 2 aromatic rings. The Labute approximate surface area is 130 Å². The molecule has 0 radical (unpaired) electrons. The van der Waals surface area contributed by atoms with Crippen LogP contribution in [0.15, 0.2) is 47.4 Å². The van der Waals surface area contributed by atoms with Gasteiger partial charge in [-0.05, 0) is 24.0 Å². The summed E-state index contributed by atoms with van der Waals surface area (Å²) >= 11 is 7.17. The SMILES string of the molecule is CSc1ccc(C(F)(F)F)c(Cl)c1OCc1ccccc1. The van der Waals surface area contributed by atoms with Crippen LogP contribution in [0, 0.1) is 0 Å². The molecule has 0 bridgehead atoms. The van der Waals surface area contributed by atoms with Gasteiger partial charge in [-0.2, -0.15) is 13.2 Å². The molecule has 0 aliphatic rings. The van der Waals surface area contributed by atoms with Crippen LogP contribution >= 0.6 is 23.4 Å². The lowest BCUT2D eigenvalue weighted by atomic mass is 10.2. The van der Waals surface area contributed by atoms with Crippen LogP contribution in [0.2, 0.25) is 5.02 Å². The predicted molar refractivity (Wildman–Crippen MR) is 79.0 cm³/mol. The molecule has 0 heterocycles. The van der Waals surface area contributed by atoms with Crippen molar-refractivity contribution in [2.45, 2.75) is 17.7 Å². The van der Waals surface area contributed by atoms with Gasteiger partial charge in [-0.1, -0.05) is 41.9 Å². The Kier molecular flexibility index (Phi) is 5.06. The van der Waals surface area contributed by atoms with Gasteiger partial charge in [0.05, 0.1) is 15.5 Å². The van der Waals surface area contributed by atoms with Crippen LogP contribution in [0.1, 0.15) is 11.1 Å². The van der Waals surface area contributed by atoms with Gasteiger partial charge in [0.15, 0.2) is 5.75 Å². The minimum atomic E-state index is -4.50. The van der Waals surface area contributed by atoms with Gasteiger partial charge in [-0.3, -0.25) is 0 Å². The topological polar surface area (TPSA) is 9.23 Å². The Balaban J connectivity index is 2.32. The van der Waals surface area contributed by atoms with Crippen LogP contribution in [-0.2, 0) is 12.8 Å². The molecule has 0 atom stereocenters. The Hall–Kier alpha value is -1.33. The Bertz CT molecular complexity index is 614. The maximum Gasteiger partial charge on any atom is 0.417 e. The van der Waals surface area contributed by atoms with Crippen molar-refractivity contribution < 1.29 is 17.9 Å². The zero-order chi connectivity index (χ0) is 15.5. The van der Waals surface area contributed by atoms with Crippen LogP contribution in [0.3, 0.4) is 0 Å². The minimum absolute atomic E-state index is 0.0721.